The van der Waals surface area contributed by atoms with E-state index in [1.54, 1.807) is 18.6 Å². The van der Waals surface area contributed by atoms with E-state index in [0.717, 1.165) is 5.69 Å². The quantitative estimate of drug-likeness (QED) is 0.424. The maximum absolute atomic E-state index is 12.7. The zero-order valence-electron chi connectivity index (χ0n) is 15.4. The summed E-state index contributed by atoms with van der Waals surface area (Å²) >= 11 is 0. The van der Waals surface area contributed by atoms with Crippen molar-refractivity contribution in [3.63, 3.8) is 0 Å². The Hall–Kier alpha value is -3.83. The molecule has 0 saturated carbocycles. The fraction of sp³-hybridized carbons (Fsp3) is 0.222. The number of ether oxygens (including phenoxy) is 1. The van der Waals surface area contributed by atoms with Crippen molar-refractivity contribution in [3.05, 3.63) is 64.7 Å². The van der Waals surface area contributed by atoms with Crippen molar-refractivity contribution in [2.45, 2.75) is 19.3 Å². The predicted molar refractivity (Wildman–Crippen MR) is 101 cm³/mol. The molecule has 0 fully saturated rings. The molecule has 3 aromatic heterocycles. The molecule has 0 spiro atoms. The Labute approximate surface area is 167 Å². The molecular formula is C18H16F3N7O2. The number of aromatic amines is 2. The molecule has 9 nitrogen and oxygen atoms in total. The summed E-state index contributed by atoms with van der Waals surface area (Å²) in [6.45, 7) is 0.361. The number of anilines is 1. The van der Waals surface area contributed by atoms with Gasteiger partial charge in [-0.25, -0.2) is 14.8 Å². The average Bonchev–Trinajstić information content (AvgIpc) is 3.30. The lowest BCUT2D eigenvalue weighted by Gasteiger charge is -2.13. The fourth-order valence-corrected chi connectivity index (χ4v) is 2.94. The summed E-state index contributed by atoms with van der Waals surface area (Å²) in [7, 11) is 0. The zero-order valence-corrected chi connectivity index (χ0v) is 15.4. The molecule has 0 aliphatic heterocycles. The smallest absolute Gasteiger partial charge is 0.405 e. The number of para-hydroxylation sites is 1. The Morgan fingerprint density at radius 3 is 2.80 bits per heavy atom. The second-order valence-electron chi connectivity index (χ2n) is 6.36. The molecule has 0 bridgehead atoms. The molecule has 3 N–H and O–H groups in total. The topological polar surface area (TPSA) is 114 Å². The summed E-state index contributed by atoms with van der Waals surface area (Å²) < 4.78 is 43.3. The normalized spacial score (nSPS) is 11.7. The van der Waals surface area contributed by atoms with Gasteiger partial charge in [0.15, 0.2) is 5.65 Å². The SMILES string of the molecule is O=c1[nH]c2cnc(NCCc3cnc[nH]3)nc2n1Cc1ccccc1OC(F)(F)F. The minimum Gasteiger partial charge on any atom is -0.405 e. The van der Waals surface area contributed by atoms with Crippen LogP contribution in [0.15, 0.2) is 47.8 Å². The van der Waals surface area contributed by atoms with Gasteiger partial charge in [0.1, 0.15) is 11.3 Å². The lowest BCUT2D eigenvalue weighted by atomic mass is 10.2. The number of aromatic nitrogens is 6. The number of halogens is 3. The molecule has 0 radical (unpaired) electrons. The number of fused-ring (bicyclic) bond motifs is 1. The standard InChI is InChI=1S/C18H16F3N7O2/c19-18(20,21)30-14-4-2-1-3-11(14)9-28-15-13(26-17(28)29)8-24-16(27-15)23-6-5-12-7-22-10-25-12/h1-4,7-8,10H,5-6,9H2,(H,22,25)(H,26,29)(H,23,24,27). The van der Waals surface area contributed by atoms with E-state index in [1.165, 1.54) is 29.0 Å². The van der Waals surface area contributed by atoms with Gasteiger partial charge >= 0.3 is 12.1 Å². The minimum atomic E-state index is -4.84. The van der Waals surface area contributed by atoms with E-state index in [2.05, 4.69) is 35.0 Å². The highest BCUT2D eigenvalue weighted by atomic mass is 19.4. The molecule has 0 atom stereocenters. The van der Waals surface area contributed by atoms with Crippen LogP contribution in [-0.4, -0.2) is 42.4 Å². The Bertz CT molecular complexity index is 1200. The highest BCUT2D eigenvalue weighted by Gasteiger charge is 2.32. The molecule has 0 saturated heterocycles. The van der Waals surface area contributed by atoms with Crippen molar-refractivity contribution < 1.29 is 17.9 Å². The van der Waals surface area contributed by atoms with Gasteiger partial charge in [-0.15, -0.1) is 13.2 Å². The van der Waals surface area contributed by atoms with Crippen molar-refractivity contribution in [1.82, 2.24) is 29.5 Å². The van der Waals surface area contributed by atoms with Crippen molar-refractivity contribution in [3.8, 4) is 5.75 Å². The number of nitrogens with zero attached hydrogens (tertiary/aromatic N) is 4. The Morgan fingerprint density at radius 2 is 2.03 bits per heavy atom. The van der Waals surface area contributed by atoms with Crippen LogP contribution in [0.2, 0.25) is 0 Å². The largest absolute Gasteiger partial charge is 0.573 e. The highest BCUT2D eigenvalue weighted by Crippen LogP contribution is 2.27. The maximum Gasteiger partial charge on any atom is 0.573 e. The second kappa shape index (κ2) is 7.89. The molecule has 156 valence electrons. The van der Waals surface area contributed by atoms with Crippen LogP contribution in [0.25, 0.3) is 11.2 Å². The number of hydrogen-bond acceptors (Lipinski definition) is 6. The van der Waals surface area contributed by atoms with Gasteiger partial charge in [-0.1, -0.05) is 18.2 Å². The summed E-state index contributed by atoms with van der Waals surface area (Å²) in [5.41, 5.74) is 1.23. The Kier molecular flexibility index (Phi) is 5.12. The molecule has 1 aromatic carbocycles. The lowest BCUT2D eigenvalue weighted by molar-refractivity contribution is -0.274. The van der Waals surface area contributed by atoms with Crippen LogP contribution in [0, 0.1) is 0 Å². The van der Waals surface area contributed by atoms with E-state index >= 15 is 0 Å². The maximum atomic E-state index is 12.7. The molecule has 4 aromatic rings. The summed E-state index contributed by atoms with van der Waals surface area (Å²) in [5.74, 6) is -0.0900. The average molecular weight is 419 g/mol. The van der Waals surface area contributed by atoms with Crippen LogP contribution in [0.4, 0.5) is 19.1 Å². The van der Waals surface area contributed by atoms with Gasteiger partial charge in [-0.2, -0.15) is 4.98 Å². The van der Waals surface area contributed by atoms with Gasteiger partial charge in [0.2, 0.25) is 5.95 Å². The molecular weight excluding hydrogens is 403 g/mol. The number of benzene rings is 1. The van der Waals surface area contributed by atoms with Crippen LogP contribution in [0.3, 0.4) is 0 Å². The Morgan fingerprint density at radius 1 is 1.20 bits per heavy atom. The van der Waals surface area contributed by atoms with Gasteiger partial charge in [0.05, 0.1) is 19.1 Å². The van der Waals surface area contributed by atoms with Crippen LogP contribution in [-0.2, 0) is 13.0 Å². The number of rotatable bonds is 7. The van der Waals surface area contributed by atoms with E-state index in [-0.39, 0.29) is 29.5 Å². The summed E-state index contributed by atoms with van der Waals surface area (Å²) in [5, 5.41) is 3.05. The predicted octanol–water partition coefficient (Wildman–Crippen LogP) is 2.44. The molecule has 4 rings (SSSR count). The molecule has 0 unspecified atom stereocenters. The molecule has 0 amide bonds. The fourth-order valence-electron chi connectivity index (χ4n) is 2.94. The van der Waals surface area contributed by atoms with Gasteiger partial charge in [-0.3, -0.25) is 4.57 Å². The minimum absolute atomic E-state index is 0.157. The van der Waals surface area contributed by atoms with Crippen LogP contribution >= 0.6 is 0 Å². The third kappa shape index (κ3) is 4.42. The highest BCUT2D eigenvalue weighted by molar-refractivity contribution is 5.71. The van der Waals surface area contributed by atoms with Gasteiger partial charge in [-0.05, 0) is 6.07 Å². The van der Waals surface area contributed by atoms with E-state index < -0.39 is 12.1 Å². The van der Waals surface area contributed by atoms with Gasteiger partial charge in [0.25, 0.3) is 0 Å². The number of nitrogens with one attached hydrogen (secondary N) is 3. The van der Waals surface area contributed by atoms with Gasteiger partial charge < -0.3 is 20.0 Å². The third-order valence-corrected chi connectivity index (χ3v) is 4.27. The first kappa shape index (κ1) is 19.5. The van der Waals surface area contributed by atoms with Crippen LogP contribution in [0.1, 0.15) is 11.3 Å². The summed E-state index contributed by atoms with van der Waals surface area (Å²) in [6.07, 6.45) is 0.544. The number of alkyl halides is 3. The summed E-state index contributed by atoms with van der Waals surface area (Å²) in [6, 6.07) is 5.64. The Balaban J connectivity index is 1.58. The first-order chi connectivity index (χ1) is 14.4. The number of imidazole rings is 2. The van der Waals surface area contributed by atoms with E-state index in [1.807, 2.05) is 0 Å². The third-order valence-electron chi connectivity index (χ3n) is 4.27. The second-order valence-corrected chi connectivity index (χ2v) is 6.36. The summed E-state index contributed by atoms with van der Waals surface area (Å²) in [4.78, 5) is 30.4. The molecule has 3 heterocycles. The van der Waals surface area contributed by atoms with Gasteiger partial charge in [0, 0.05) is 30.4 Å². The molecule has 0 aliphatic rings. The monoisotopic (exact) mass is 419 g/mol. The van der Waals surface area contributed by atoms with E-state index in [0.29, 0.717) is 18.5 Å². The molecule has 0 aliphatic carbocycles. The first-order valence-electron chi connectivity index (χ1n) is 8.89. The van der Waals surface area contributed by atoms with Crippen LogP contribution in [0.5, 0.6) is 5.75 Å². The number of hydrogen-bond donors (Lipinski definition) is 3. The van der Waals surface area contributed by atoms with Crippen molar-refractivity contribution in [2.24, 2.45) is 0 Å². The molecule has 30 heavy (non-hydrogen) atoms. The van der Waals surface area contributed by atoms with Crippen molar-refractivity contribution in [1.29, 1.82) is 0 Å². The van der Waals surface area contributed by atoms with Crippen molar-refractivity contribution >= 4 is 17.1 Å². The van der Waals surface area contributed by atoms with Crippen LogP contribution < -0.4 is 15.7 Å². The van der Waals surface area contributed by atoms with Crippen molar-refractivity contribution in [2.75, 3.05) is 11.9 Å². The molecule has 12 heteroatoms. The first-order valence-corrected chi connectivity index (χ1v) is 8.89. The zero-order chi connectivity index (χ0) is 21.1. The van der Waals surface area contributed by atoms with E-state index in [4.69, 9.17) is 0 Å². The number of H-pyrrole nitrogens is 2. The lowest BCUT2D eigenvalue weighted by Crippen LogP contribution is -2.21. The van der Waals surface area contributed by atoms with E-state index in [9.17, 15) is 18.0 Å².